The second-order valence-electron chi connectivity index (χ2n) is 4.01. The molecule has 1 nitrogen and oxygen atoms in total. The molecule has 0 radical (unpaired) electrons. The quantitative estimate of drug-likeness (QED) is 0.615. The smallest absolute Gasteiger partial charge is 0.178 e. The van der Waals surface area contributed by atoms with Crippen molar-refractivity contribution < 1.29 is 4.79 Å². The van der Waals surface area contributed by atoms with E-state index in [0.717, 1.165) is 12.8 Å². The molecule has 0 amide bonds. The van der Waals surface area contributed by atoms with Gasteiger partial charge in [0.25, 0.3) is 0 Å². The summed E-state index contributed by atoms with van der Waals surface area (Å²) < 4.78 is 0. The number of ketones is 1. The molecule has 0 spiro atoms. The van der Waals surface area contributed by atoms with Crippen molar-refractivity contribution in [2.24, 2.45) is 5.41 Å². The van der Waals surface area contributed by atoms with E-state index in [1.165, 1.54) is 11.1 Å². The Kier molecular flexibility index (Phi) is 2.03. The van der Waals surface area contributed by atoms with Crippen LogP contribution >= 0.6 is 0 Å². The molecule has 0 N–H and O–H groups in total. The largest absolute Gasteiger partial charge is 0.290 e. The van der Waals surface area contributed by atoms with Gasteiger partial charge in [0, 0.05) is 5.41 Å². The van der Waals surface area contributed by atoms with Gasteiger partial charge in [0.15, 0.2) is 5.78 Å². The van der Waals surface area contributed by atoms with E-state index in [9.17, 15) is 4.79 Å². The zero-order valence-electron chi connectivity index (χ0n) is 8.42. The Hall–Kier alpha value is -1.37. The second-order valence-corrected chi connectivity index (χ2v) is 4.01. The minimum Gasteiger partial charge on any atom is -0.290 e. The molecule has 0 aliphatic heterocycles. The van der Waals surface area contributed by atoms with Crippen LogP contribution in [0.3, 0.4) is 0 Å². The number of carbonyl (C=O) groups is 1. The maximum Gasteiger partial charge on any atom is 0.178 e. The Labute approximate surface area is 84.5 Å². The highest BCUT2D eigenvalue weighted by molar-refractivity contribution is 6.01. The van der Waals surface area contributed by atoms with Gasteiger partial charge in [-0.25, -0.2) is 0 Å². The molecule has 0 aromatic rings. The summed E-state index contributed by atoms with van der Waals surface area (Å²) >= 11 is 0. The molecular weight excluding hydrogens is 172 g/mol. The molecule has 2 aliphatic rings. The van der Waals surface area contributed by atoms with Crippen LogP contribution in [0.1, 0.15) is 19.8 Å². The highest BCUT2D eigenvalue weighted by atomic mass is 16.1. The highest BCUT2D eigenvalue weighted by Gasteiger charge is 2.33. The van der Waals surface area contributed by atoms with E-state index >= 15 is 0 Å². The molecule has 0 fully saturated rings. The maximum absolute atomic E-state index is 11.2. The van der Waals surface area contributed by atoms with E-state index < -0.39 is 0 Å². The summed E-state index contributed by atoms with van der Waals surface area (Å²) in [7, 11) is 0. The lowest BCUT2D eigenvalue weighted by Crippen LogP contribution is -2.25. The SMILES string of the molecule is C=CC1=CCCC2=CC(=O)C=C[C@@]12C. The zero-order chi connectivity index (χ0) is 10.2. The monoisotopic (exact) mass is 186 g/mol. The highest BCUT2D eigenvalue weighted by Crippen LogP contribution is 2.44. The first-order valence-corrected chi connectivity index (χ1v) is 4.94. The summed E-state index contributed by atoms with van der Waals surface area (Å²) in [5.74, 6) is 0.114. The van der Waals surface area contributed by atoms with Gasteiger partial charge in [0.1, 0.15) is 0 Å². The Morgan fingerprint density at radius 3 is 3.07 bits per heavy atom. The van der Waals surface area contributed by atoms with Crippen LogP contribution in [0.25, 0.3) is 0 Å². The van der Waals surface area contributed by atoms with Crippen LogP contribution in [0, 0.1) is 5.41 Å². The van der Waals surface area contributed by atoms with Gasteiger partial charge in [-0.2, -0.15) is 0 Å². The van der Waals surface area contributed by atoms with Crippen LogP contribution < -0.4 is 0 Å². The van der Waals surface area contributed by atoms with Gasteiger partial charge in [-0.3, -0.25) is 4.79 Å². The predicted molar refractivity (Wildman–Crippen MR) is 57.9 cm³/mol. The number of rotatable bonds is 1. The van der Waals surface area contributed by atoms with Crippen molar-refractivity contribution >= 4 is 5.78 Å². The molecule has 0 saturated heterocycles. The normalized spacial score (nSPS) is 30.5. The fraction of sp³-hybridized carbons (Fsp3) is 0.308. The van der Waals surface area contributed by atoms with Crippen molar-refractivity contribution in [3.8, 4) is 0 Å². The molecule has 1 atom stereocenters. The first-order valence-electron chi connectivity index (χ1n) is 4.94. The third-order valence-electron chi connectivity index (χ3n) is 3.16. The Bertz CT molecular complexity index is 382. The van der Waals surface area contributed by atoms with E-state index in [1.807, 2.05) is 12.2 Å². The van der Waals surface area contributed by atoms with Gasteiger partial charge >= 0.3 is 0 Å². The number of fused-ring (bicyclic) bond motifs is 1. The lowest BCUT2D eigenvalue weighted by Gasteiger charge is -2.35. The molecule has 1 heteroatoms. The van der Waals surface area contributed by atoms with Crippen LogP contribution in [-0.2, 0) is 4.79 Å². The number of carbonyl (C=O) groups excluding carboxylic acids is 1. The maximum atomic E-state index is 11.2. The number of allylic oxidation sites excluding steroid dienone is 7. The average molecular weight is 186 g/mol. The van der Waals surface area contributed by atoms with Crippen molar-refractivity contribution in [2.75, 3.05) is 0 Å². The predicted octanol–water partition coefficient (Wildman–Crippen LogP) is 2.96. The molecular formula is C13H14O. The molecule has 0 heterocycles. The summed E-state index contributed by atoms with van der Waals surface area (Å²) in [4.78, 5) is 11.2. The first kappa shape index (κ1) is 9.20. The van der Waals surface area contributed by atoms with Crippen LogP contribution in [-0.4, -0.2) is 5.78 Å². The molecule has 0 saturated carbocycles. The molecule has 0 aromatic carbocycles. The van der Waals surface area contributed by atoms with E-state index in [1.54, 1.807) is 12.2 Å². The van der Waals surface area contributed by atoms with Crippen LogP contribution in [0.15, 0.2) is 48.1 Å². The van der Waals surface area contributed by atoms with Gasteiger partial charge in [-0.15, -0.1) is 0 Å². The summed E-state index contributed by atoms with van der Waals surface area (Å²) in [6.45, 7) is 5.97. The van der Waals surface area contributed by atoms with Gasteiger partial charge in [0.05, 0.1) is 0 Å². The van der Waals surface area contributed by atoms with Crippen molar-refractivity contribution in [2.45, 2.75) is 19.8 Å². The molecule has 0 aromatic heterocycles. The lowest BCUT2D eigenvalue weighted by molar-refractivity contribution is -0.110. The van der Waals surface area contributed by atoms with E-state index in [0.29, 0.717) is 0 Å². The van der Waals surface area contributed by atoms with E-state index in [2.05, 4.69) is 19.6 Å². The summed E-state index contributed by atoms with van der Waals surface area (Å²) in [6.07, 6.45) is 11.5. The molecule has 0 bridgehead atoms. The van der Waals surface area contributed by atoms with E-state index in [4.69, 9.17) is 0 Å². The van der Waals surface area contributed by atoms with Gasteiger partial charge < -0.3 is 0 Å². The molecule has 14 heavy (non-hydrogen) atoms. The third-order valence-corrected chi connectivity index (χ3v) is 3.16. The van der Waals surface area contributed by atoms with Crippen LogP contribution in [0.4, 0.5) is 0 Å². The minimum atomic E-state index is -0.0755. The molecule has 2 rings (SSSR count). The second kappa shape index (κ2) is 3.09. The standard InChI is InChI=1S/C13H14O/c1-3-10-5-4-6-11-9-12(14)7-8-13(10,11)2/h3,5,7-9H,1,4,6H2,2H3/t13-/m0/s1. The van der Waals surface area contributed by atoms with Crippen molar-refractivity contribution in [3.63, 3.8) is 0 Å². The lowest BCUT2D eigenvalue weighted by atomic mass is 9.68. The number of hydrogen-bond acceptors (Lipinski definition) is 1. The fourth-order valence-corrected chi connectivity index (χ4v) is 2.23. The van der Waals surface area contributed by atoms with Gasteiger partial charge in [0.2, 0.25) is 0 Å². The van der Waals surface area contributed by atoms with Crippen LogP contribution in [0.5, 0.6) is 0 Å². The number of hydrogen-bond donors (Lipinski definition) is 0. The third kappa shape index (κ3) is 1.20. The fourth-order valence-electron chi connectivity index (χ4n) is 2.23. The average Bonchev–Trinajstić information content (AvgIpc) is 2.18. The van der Waals surface area contributed by atoms with Crippen molar-refractivity contribution in [3.05, 3.63) is 48.1 Å². The summed E-state index contributed by atoms with van der Waals surface area (Å²) in [5.41, 5.74) is 2.37. The minimum absolute atomic E-state index is 0.0755. The molecule has 72 valence electrons. The Morgan fingerprint density at radius 1 is 1.57 bits per heavy atom. The van der Waals surface area contributed by atoms with Crippen LogP contribution in [0.2, 0.25) is 0 Å². The van der Waals surface area contributed by atoms with Crippen molar-refractivity contribution in [1.29, 1.82) is 0 Å². The summed E-state index contributed by atoms with van der Waals surface area (Å²) in [5, 5.41) is 0. The molecule has 2 aliphatic carbocycles. The summed E-state index contributed by atoms with van der Waals surface area (Å²) in [6, 6.07) is 0. The topological polar surface area (TPSA) is 17.1 Å². The Balaban J connectivity index is 2.51. The first-order chi connectivity index (χ1) is 6.66. The molecule has 0 unspecified atom stereocenters. The van der Waals surface area contributed by atoms with Crippen molar-refractivity contribution in [1.82, 2.24) is 0 Å². The zero-order valence-corrected chi connectivity index (χ0v) is 8.42. The van der Waals surface area contributed by atoms with E-state index in [-0.39, 0.29) is 11.2 Å². The van der Waals surface area contributed by atoms with Gasteiger partial charge in [-0.1, -0.05) is 30.4 Å². The Morgan fingerprint density at radius 2 is 2.36 bits per heavy atom. The van der Waals surface area contributed by atoms with Gasteiger partial charge in [-0.05, 0) is 37.5 Å².